The quantitative estimate of drug-likeness (QED) is 0.733. The number of Topliss-reactive ketones (excluding diaryl/α,β-unsaturated/α-hetero) is 2. The van der Waals surface area contributed by atoms with Gasteiger partial charge in [0.2, 0.25) is 0 Å². The van der Waals surface area contributed by atoms with E-state index in [4.69, 9.17) is 0 Å². The van der Waals surface area contributed by atoms with Crippen LogP contribution in [0.4, 0.5) is 0 Å². The fourth-order valence-electron chi connectivity index (χ4n) is 7.05. The molecule has 3 heteroatoms. The van der Waals surface area contributed by atoms with E-state index in [9.17, 15) is 14.4 Å². The molecule has 0 aromatic rings. The topological polar surface area (TPSA) is 51.2 Å². The van der Waals surface area contributed by atoms with Crippen molar-refractivity contribution in [3.05, 3.63) is 11.6 Å². The highest BCUT2D eigenvalue weighted by atomic mass is 16.1. The molecule has 0 bridgehead atoms. The SMILES string of the molecule is CC(=O)[C@H]1CC[C@@H]2[C@H]3CC(=O)C4=CC(=O)CC[C@@]4(C)[C@@H]3CC[C@]12C. The third-order valence-electron chi connectivity index (χ3n) is 8.28. The second-order valence-corrected chi connectivity index (χ2v) is 9.23. The number of fused-ring (bicyclic) bond motifs is 5. The molecule has 3 nitrogen and oxygen atoms in total. The van der Waals surface area contributed by atoms with Gasteiger partial charge in [-0.2, -0.15) is 0 Å². The lowest BCUT2D eigenvalue weighted by Crippen LogP contribution is -2.53. The summed E-state index contributed by atoms with van der Waals surface area (Å²) in [6.45, 7) is 6.26. The zero-order valence-electron chi connectivity index (χ0n) is 15.1. The van der Waals surface area contributed by atoms with Crippen LogP contribution in [0.25, 0.3) is 0 Å². The van der Waals surface area contributed by atoms with E-state index in [1.807, 2.05) is 0 Å². The third kappa shape index (κ3) is 1.99. The van der Waals surface area contributed by atoms with E-state index in [1.165, 1.54) is 0 Å². The van der Waals surface area contributed by atoms with Crippen molar-refractivity contribution < 1.29 is 14.4 Å². The van der Waals surface area contributed by atoms with Crippen LogP contribution < -0.4 is 0 Å². The minimum atomic E-state index is -0.121. The monoisotopic (exact) mass is 328 g/mol. The molecule has 0 heterocycles. The highest BCUT2D eigenvalue weighted by Crippen LogP contribution is 2.66. The maximum atomic E-state index is 12.9. The van der Waals surface area contributed by atoms with Crippen molar-refractivity contribution >= 4 is 17.3 Å². The summed E-state index contributed by atoms with van der Waals surface area (Å²) < 4.78 is 0. The van der Waals surface area contributed by atoms with E-state index in [-0.39, 0.29) is 28.3 Å². The van der Waals surface area contributed by atoms with Crippen molar-refractivity contribution in [1.29, 1.82) is 0 Å². The van der Waals surface area contributed by atoms with E-state index in [0.717, 1.165) is 37.7 Å². The molecule has 4 aliphatic carbocycles. The molecule has 24 heavy (non-hydrogen) atoms. The van der Waals surface area contributed by atoms with Crippen molar-refractivity contribution in [3.63, 3.8) is 0 Å². The van der Waals surface area contributed by atoms with Crippen molar-refractivity contribution in [3.8, 4) is 0 Å². The van der Waals surface area contributed by atoms with Crippen LogP contribution in [0.1, 0.15) is 65.7 Å². The number of hydrogen-bond donors (Lipinski definition) is 0. The zero-order valence-corrected chi connectivity index (χ0v) is 15.1. The molecule has 0 N–H and O–H groups in total. The summed E-state index contributed by atoms with van der Waals surface area (Å²) in [5.41, 5.74) is 0.767. The van der Waals surface area contributed by atoms with Gasteiger partial charge in [0.25, 0.3) is 0 Å². The van der Waals surface area contributed by atoms with Crippen LogP contribution in [0.15, 0.2) is 11.6 Å². The van der Waals surface area contributed by atoms with Crippen LogP contribution in [0.3, 0.4) is 0 Å². The van der Waals surface area contributed by atoms with Gasteiger partial charge in [0.1, 0.15) is 5.78 Å². The van der Waals surface area contributed by atoms with Crippen LogP contribution in [-0.2, 0) is 14.4 Å². The fraction of sp³-hybridized carbons (Fsp3) is 0.762. The van der Waals surface area contributed by atoms with E-state index < -0.39 is 0 Å². The summed E-state index contributed by atoms with van der Waals surface area (Å²) in [6, 6.07) is 0. The van der Waals surface area contributed by atoms with Gasteiger partial charge in [0.05, 0.1) is 0 Å². The molecular formula is C21H28O3. The van der Waals surface area contributed by atoms with E-state index in [2.05, 4.69) is 13.8 Å². The Hall–Kier alpha value is -1.25. The predicted molar refractivity (Wildman–Crippen MR) is 91.3 cm³/mol. The standard InChI is InChI=1S/C21H28O3/c1-12(22)15-4-5-16-14-11-19(24)18-10-13(23)6-8-21(18,3)17(14)7-9-20(15,16)2/h10,14-17H,4-9,11H2,1-3H3/t14-,15-,16-,17-,20-,21+/m1/s1. The van der Waals surface area contributed by atoms with Gasteiger partial charge in [-0.1, -0.05) is 13.8 Å². The Kier molecular flexibility index (Phi) is 3.47. The summed E-state index contributed by atoms with van der Waals surface area (Å²) in [5.74, 6) is 2.21. The highest BCUT2D eigenvalue weighted by molar-refractivity contribution is 6.05. The molecule has 0 aromatic carbocycles. The fourth-order valence-corrected chi connectivity index (χ4v) is 7.05. The number of carbonyl (C=O) groups is 3. The van der Waals surface area contributed by atoms with Crippen molar-refractivity contribution in [2.75, 3.05) is 0 Å². The number of hydrogen-bond acceptors (Lipinski definition) is 3. The van der Waals surface area contributed by atoms with Gasteiger partial charge >= 0.3 is 0 Å². The summed E-state index contributed by atoms with van der Waals surface area (Å²) in [7, 11) is 0. The van der Waals surface area contributed by atoms with Crippen molar-refractivity contribution in [2.24, 2.45) is 34.5 Å². The average Bonchev–Trinajstić information content (AvgIpc) is 2.87. The molecule has 0 saturated heterocycles. The average molecular weight is 328 g/mol. The number of carbonyl (C=O) groups excluding carboxylic acids is 3. The van der Waals surface area contributed by atoms with Crippen LogP contribution >= 0.6 is 0 Å². The summed E-state index contributed by atoms with van der Waals surface area (Å²) in [6.07, 6.45) is 7.91. The molecule has 0 unspecified atom stereocenters. The Morgan fingerprint density at radius 1 is 1.08 bits per heavy atom. The summed E-state index contributed by atoms with van der Waals surface area (Å²) in [4.78, 5) is 36.9. The van der Waals surface area contributed by atoms with Crippen molar-refractivity contribution in [1.82, 2.24) is 0 Å². The van der Waals surface area contributed by atoms with Crippen LogP contribution in [-0.4, -0.2) is 17.3 Å². The third-order valence-corrected chi connectivity index (χ3v) is 8.28. The first-order valence-corrected chi connectivity index (χ1v) is 9.56. The van der Waals surface area contributed by atoms with Gasteiger partial charge in [-0.3, -0.25) is 14.4 Å². The van der Waals surface area contributed by atoms with Gasteiger partial charge < -0.3 is 0 Å². The van der Waals surface area contributed by atoms with Gasteiger partial charge in [0, 0.05) is 24.3 Å². The Labute approximate surface area is 144 Å². The molecule has 4 rings (SSSR count). The molecule has 0 aromatic heterocycles. The molecule has 6 atom stereocenters. The highest BCUT2D eigenvalue weighted by Gasteiger charge is 2.61. The van der Waals surface area contributed by atoms with Gasteiger partial charge in [-0.25, -0.2) is 0 Å². The Morgan fingerprint density at radius 2 is 1.83 bits per heavy atom. The largest absolute Gasteiger partial charge is 0.300 e. The lowest BCUT2D eigenvalue weighted by Gasteiger charge is -2.57. The van der Waals surface area contributed by atoms with E-state index in [0.29, 0.717) is 36.4 Å². The number of ketones is 3. The minimum Gasteiger partial charge on any atom is -0.300 e. The van der Waals surface area contributed by atoms with Gasteiger partial charge in [-0.05, 0) is 73.7 Å². The predicted octanol–water partition coefficient (Wildman–Crippen LogP) is 3.90. The smallest absolute Gasteiger partial charge is 0.159 e. The van der Waals surface area contributed by atoms with Crippen molar-refractivity contribution in [2.45, 2.75) is 65.7 Å². The second kappa shape index (κ2) is 5.12. The molecule has 0 radical (unpaired) electrons. The van der Waals surface area contributed by atoms with Gasteiger partial charge in [0.15, 0.2) is 11.6 Å². The zero-order chi connectivity index (χ0) is 17.3. The molecule has 0 spiro atoms. The van der Waals surface area contributed by atoms with Crippen LogP contribution in [0.2, 0.25) is 0 Å². The van der Waals surface area contributed by atoms with Crippen LogP contribution in [0, 0.1) is 34.5 Å². The molecule has 4 aliphatic rings. The van der Waals surface area contributed by atoms with E-state index >= 15 is 0 Å². The first-order chi connectivity index (χ1) is 11.3. The molecule has 0 aliphatic heterocycles. The Bertz CT molecular complexity index is 660. The minimum absolute atomic E-state index is 0.0787. The molecule has 130 valence electrons. The number of rotatable bonds is 1. The molecule has 3 fully saturated rings. The Morgan fingerprint density at radius 3 is 2.54 bits per heavy atom. The summed E-state index contributed by atoms with van der Waals surface area (Å²) in [5, 5.41) is 0. The lowest BCUT2D eigenvalue weighted by atomic mass is 9.46. The summed E-state index contributed by atoms with van der Waals surface area (Å²) >= 11 is 0. The maximum Gasteiger partial charge on any atom is 0.159 e. The molecule has 0 amide bonds. The first-order valence-electron chi connectivity index (χ1n) is 9.56. The first kappa shape index (κ1) is 16.2. The Balaban J connectivity index is 1.72. The molecule has 3 saturated carbocycles. The maximum absolute atomic E-state index is 12.9. The normalized spacial score (nSPS) is 47.5. The van der Waals surface area contributed by atoms with E-state index in [1.54, 1.807) is 13.0 Å². The lowest BCUT2D eigenvalue weighted by molar-refractivity contribution is -0.134. The molecular weight excluding hydrogens is 300 g/mol. The van der Waals surface area contributed by atoms with Crippen LogP contribution in [0.5, 0.6) is 0 Å². The van der Waals surface area contributed by atoms with Gasteiger partial charge in [-0.15, -0.1) is 0 Å². The number of allylic oxidation sites excluding steroid dienone is 1. The second-order valence-electron chi connectivity index (χ2n) is 9.23.